The van der Waals surface area contributed by atoms with Gasteiger partial charge < -0.3 is 14.8 Å². The minimum absolute atomic E-state index is 0.672. The van der Waals surface area contributed by atoms with Gasteiger partial charge in [-0.15, -0.1) is 0 Å². The molecule has 4 aliphatic carbocycles. The summed E-state index contributed by atoms with van der Waals surface area (Å²) in [5.41, 5.74) is 1.22. The zero-order valence-corrected chi connectivity index (χ0v) is 14.4. The van der Waals surface area contributed by atoms with Crippen LogP contribution >= 0.6 is 0 Å². The van der Waals surface area contributed by atoms with E-state index in [-0.39, 0.29) is 0 Å². The van der Waals surface area contributed by atoms with E-state index in [4.69, 9.17) is 9.47 Å². The molecule has 5 rings (SSSR count). The third-order valence-electron chi connectivity index (χ3n) is 6.32. The molecular formula is C20H29NO2. The number of methoxy groups -OCH3 is 1. The van der Waals surface area contributed by atoms with Crippen LogP contribution in [0.4, 0.5) is 0 Å². The molecule has 3 heteroatoms. The van der Waals surface area contributed by atoms with Crippen LogP contribution in [0.2, 0.25) is 0 Å². The molecule has 4 aliphatic rings. The molecule has 23 heavy (non-hydrogen) atoms. The molecule has 0 aliphatic heterocycles. The maximum absolute atomic E-state index is 5.85. The summed E-state index contributed by atoms with van der Waals surface area (Å²) in [5.74, 6) is 5.64. The third-order valence-corrected chi connectivity index (χ3v) is 6.32. The second kappa shape index (κ2) is 6.35. The molecule has 1 N–H and O–H groups in total. The van der Waals surface area contributed by atoms with Crippen LogP contribution in [0.3, 0.4) is 0 Å². The van der Waals surface area contributed by atoms with Crippen LogP contribution < -0.4 is 14.8 Å². The maximum atomic E-state index is 5.85. The summed E-state index contributed by atoms with van der Waals surface area (Å²) < 4.78 is 11.3. The molecule has 0 atom stereocenters. The summed E-state index contributed by atoms with van der Waals surface area (Å²) in [4.78, 5) is 0. The molecule has 0 radical (unpaired) electrons. The van der Waals surface area contributed by atoms with Gasteiger partial charge in [-0.25, -0.2) is 0 Å². The number of rotatable bonds is 6. The van der Waals surface area contributed by atoms with Gasteiger partial charge in [0.05, 0.1) is 13.7 Å². The van der Waals surface area contributed by atoms with Gasteiger partial charge in [0.2, 0.25) is 0 Å². The van der Waals surface area contributed by atoms with Crippen molar-refractivity contribution in [3.63, 3.8) is 0 Å². The molecule has 3 nitrogen and oxygen atoms in total. The van der Waals surface area contributed by atoms with E-state index in [2.05, 4.69) is 17.4 Å². The lowest BCUT2D eigenvalue weighted by molar-refractivity contribution is -0.0143. The number of hydrogen-bond acceptors (Lipinski definition) is 3. The van der Waals surface area contributed by atoms with Crippen molar-refractivity contribution in [2.45, 2.75) is 51.6 Å². The van der Waals surface area contributed by atoms with Crippen molar-refractivity contribution in [2.75, 3.05) is 13.7 Å². The highest BCUT2D eigenvalue weighted by atomic mass is 16.5. The van der Waals surface area contributed by atoms with E-state index in [1.54, 1.807) is 7.11 Å². The smallest absolute Gasteiger partial charge is 0.165 e. The number of benzene rings is 1. The molecular weight excluding hydrogens is 286 g/mol. The Morgan fingerprint density at radius 2 is 1.74 bits per heavy atom. The summed E-state index contributed by atoms with van der Waals surface area (Å²) in [6, 6.07) is 6.92. The Hall–Kier alpha value is -1.22. The standard InChI is InChI=1S/C20H29NO2/c1-3-23-20-15(5-4-6-18(20)22-2)12-21-19-16-8-13-7-14(10-16)11-17(19)9-13/h4-6,13-14,16-17,19,21H,3,7-12H2,1-2H3. The molecule has 0 aromatic heterocycles. The average molecular weight is 315 g/mol. The largest absolute Gasteiger partial charge is 0.493 e. The first-order valence-corrected chi connectivity index (χ1v) is 9.30. The highest BCUT2D eigenvalue weighted by Gasteiger charge is 2.47. The van der Waals surface area contributed by atoms with Crippen molar-refractivity contribution >= 4 is 0 Å². The summed E-state index contributed by atoms with van der Waals surface area (Å²) in [5, 5.41) is 3.90. The lowest BCUT2D eigenvalue weighted by atomic mass is 9.54. The summed E-state index contributed by atoms with van der Waals surface area (Å²) in [6.45, 7) is 3.59. The molecule has 0 amide bonds. The lowest BCUT2D eigenvalue weighted by Crippen LogP contribution is -2.54. The van der Waals surface area contributed by atoms with E-state index in [1.807, 2.05) is 13.0 Å². The fourth-order valence-electron chi connectivity index (χ4n) is 5.66. The van der Waals surface area contributed by atoms with Gasteiger partial charge in [0.15, 0.2) is 11.5 Å². The van der Waals surface area contributed by atoms with Gasteiger partial charge in [-0.05, 0) is 68.8 Å². The van der Waals surface area contributed by atoms with E-state index in [0.717, 1.165) is 41.7 Å². The van der Waals surface area contributed by atoms with Crippen molar-refractivity contribution in [2.24, 2.45) is 23.7 Å². The first kappa shape index (κ1) is 15.3. The van der Waals surface area contributed by atoms with Gasteiger partial charge in [-0.1, -0.05) is 12.1 Å². The van der Waals surface area contributed by atoms with E-state index >= 15 is 0 Å². The second-order valence-corrected chi connectivity index (χ2v) is 7.72. The first-order valence-electron chi connectivity index (χ1n) is 9.30. The number of ether oxygens (including phenoxy) is 2. The molecule has 1 aromatic rings. The second-order valence-electron chi connectivity index (χ2n) is 7.72. The van der Waals surface area contributed by atoms with Crippen molar-refractivity contribution in [1.82, 2.24) is 5.32 Å². The Bertz CT molecular complexity index is 529. The van der Waals surface area contributed by atoms with Crippen LogP contribution in [0.15, 0.2) is 18.2 Å². The molecule has 126 valence electrons. The van der Waals surface area contributed by atoms with Gasteiger partial charge in [0, 0.05) is 18.2 Å². The normalized spacial score (nSPS) is 34.6. The SMILES string of the molecule is CCOc1c(CNC2C3CC4CC(C3)CC2C4)cccc1OC. The Balaban J connectivity index is 1.47. The number of para-hydroxylation sites is 1. The van der Waals surface area contributed by atoms with Crippen LogP contribution in [-0.4, -0.2) is 19.8 Å². The van der Waals surface area contributed by atoms with Gasteiger partial charge in [0.25, 0.3) is 0 Å². The summed E-state index contributed by atoms with van der Waals surface area (Å²) >= 11 is 0. The monoisotopic (exact) mass is 315 g/mol. The van der Waals surface area contributed by atoms with E-state index in [1.165, 1.54) is 37.7 Å². The van der Waals surface area contributed by atoms with Crippen LogP contribution in [-0.2, 0) is 6.54 Å². The quantitative estimate of drug-likeness (QED) is 0.860. The molecule has 0 spiro atoms. The third kappa shape index (κ3) is 2.84. The van der Waals surface area contributed by atoms with E-state index < -0.39 is 0 Å². The summed E-state index contributed by atoms with van der Waals surface area (Å²) in [6.07, 6.45) is 7.36. The first-order chi connectivity index (χ1) is 11.3. The molecule has 4 bridgehead atoms. The Kier molecular flexibility index (Phi) is 4.23. The van der Waals surface area contributed by atoms with Crippen molar-refractivity contribution in [1.29, 1.82) is 0 Å². The highest BCUT2D eigenvalue weighted by molar-refractivity contribution is 5.46. The molecule has 4 saturated carbocycles. The van der Waals surface area contributed by atoms with Crippen molar-refractivity contribution < 1.29 is 9.47 Å². The minimum atomic E-state index is 0.672. The molecule has 0 heterocycles. The van der Waals surface area contributed by atoms with Crippen molar-refractivity contribution in [3.8, 4) is 11.5 Å². The summed E-state index contributed by atoms with van der Waals surface area (Å²) in [7, 11) is 1.72. The maximum Gasteiger partial charge on any atom is 0.165 e. The van der Waals surface area contributed by atoms with E-state index in [9.17, 15) is 0 Å². The Morgan fingerprint density at radius 1 is 1.04 bits per heavy atom. The fourth-order valence-corrected chi connectivity index (χ4v) is 5.66. The van der Waals surface area contributed by atoms with Crippen molar-refractivity contribution in [3.05, 3.63) is 23.8 Å². The van der Waals surface area contributed by atoms with Gasteiger partial charge in [0.1, 0.15) is 0 Å². The molecule has 4 fully saturated rings. The zero-order valence-electron chi connectivity index (χ0n) is 14.4. The minimum Gasteiger partial charge on any atom is -0.493 e. The van der Waals surface area contributed by atoms with Crippen LogP contribution in [0.25, 0.3) is 0 Å². The Labute approximate surface area is 139 Å². The van der Waals surface area contributed by atoms with Gasteiger partial charge in [-0.2, -0.15) is 0 Å². The molecule has 1 aromatic carbocycles. The van der Waals surface area contributed by atoms with E-state index in [0.29, 0.717) is 12.6 Å². The molecule has 0 unspecified atom stereocenters. The zero-order chi connectivity index (χ0) is 15.8. The highest BCUT2D eigenvalue weighted by Crippen LogP contribution is 2.53. The number of hydrogen-bond donors (Lipinski definition) is 1. The van der Waals surface area contributed by atoms with Crippen LogP contribution in [0.5, 0.6) is 11.5 Å². The Morgan fingerprint density at radius 3 is 2.35 bits per heavy atom. The van der Waals surface area contributed by atoms with Crippen LogP contribution in [0.1, 0.15) is 44.6 Å². The topological polar surface area (TPSA) is 30.5 Å². The molecule has 0 saturated heterocycles. The lowest BCUT2D eigenvalue weighted by Gasteiger charge is -2.54. The number of nitrogens with one attached hydrogen (secondary N) is 1. The predicted octanol–water partition coefficient (Wildman–Crippen LogP) is 4.01. The average Bonchev–Trinajstić information content (AvgIpc) is 2.55. The van der Waals surface area contributed by atoms with Gasteiger partial charge in [-0.3, -0.25) is 0 Å². The van der Waals surface area contributed by atoms with Crippen LogP contribution in [0, 0.1) is 23.7 Å². The predicted molar refractivity (Wildman–Crippen MR) is 91.8 cm³/mol. The van der Waals surface area contributed by atoms with Gasteiger partial charge >= 0.3 is 0 Å². The fraction of sp³-hybridized carbons (Fsp3) is 0.700.